The van der Waals surface area contributed by atoms with Crippen LogP contribution in [0.4, 0.5) is 0 Å². The molecule has 0 aliphatic heterocycles. The van der Waals surface area contributed by atoms with Gasteiger partial charge in [-0.3, -0.25) is 0 Å². The number of ether oxygens (including phenoxy) is 1. The zero-order valence-corrected chi connectivity index (χ0v) is 14.1. The molecule has 1 aliphatic carbocycles. The first-order valence-electron chi connectivity index (χ1n) is 8.26. The van der Waals surface area contributed by atoms with Crippen molar-refractivity contribution in [3.8, 4) is 0 Å². The van der Waals surface area contributed by atoms with Crippen molar-refractivity contribution in [2.24, 2.45) is 0 Å². The van der Waals surface area contributed by atoms with Gasteiger partial charge in [-0.15, -0.1) is 0 Å². The van der Waals surface area contributed by atoms with Crippen LogP contribution < -0.4 is 5.32 Å². The van der Waals surface area contributed by atoms with E-state index >= 15 is 0 Å². The Morgan fingerprint density at radius 1 is 1.14 bits per heavy atom. The predicted molar refractivity (Wildman–Crippen MR) is 90.1 cm³/mol. The summed E-state index contributed by atoms with van der Waals surface area (Å²) in [6.45, 7) is 2.90. The molecule has 21 heavy (non-hydrogen) atoms. The second kappa shape index (κ2) is 8.17. The van der Waals surface area contributed by atoms with Crippen molar-refractivity contribution < 1.29 is 4.74 Å². The normalized spacial score (nSPS) is 20.0. The highest BCUT2D eigenvalue weighted by Gasteiger charge is 2.38. The largest absolute Gasteiger partial charge is 0.374 e. The van der Waals surface area contributed by atoms with E-state index in [4.69, 9.17) is 16.3 Å². The Labute approximate surface area is 134 Å². The van der Waals surface area contributed by atoms with Crippen LogP contribution in [0.15, 0.2) is 24.3 Å². The van der Waals surface area contributed by atoms with Crippen molar-refractivity contribution in [3.63, 3.8) is 0 Å². The fourth-order valence-corrected chi connectivity index (χ4v) is 3.74. The lowest BCUT2D eigenvalue weighted by atomic mass is 9.82. The quantitative estimate of drug-likeness (QED) is 0.775. The van der Waals surface area contributed by atoms with Crippen LogP contribution in [-0.4, -0.2) is 25.3 Å². The number of benzene rings is 1. The summed E-state index contributed by atoms with van der Waals surface area (Å²) >= 11 is 5.99. The molecule has 118 valence electrons. The highest BCUT2D eigenvalue weighted by atomic mass is 35.5. The Bertz CT molecular complexity index is 410. The Balaban J connectivity index is 2.16. The summed E-state index contributed by atoms with van der Waals surface area (Å²) in [5.74, 6) is 0. The van der Waals surface area contributed by atoms with E-state index in [1.165, 1.54) is 44.1 Å². The van der Waals surface area contributed by atoms with Gasteiger partial charge in [0, 0.05) is 17.7 Å². The van der Waals surface area contributed by atoms with Crippen molar-refractivity contribution in [1.29, 1.82) is 0 Å². The van der Waals surface area contributed by atoms with Gasteiger partial charge in [-0.05, 0) is 50.9 Å². The zero-order valence-electron chi connectivity index (χ0n) is 13.3. The fourth-order valence-electron chi connectivity index (χ4n) is 3.62. The van der Waals surface area contributed by atoms with E-state index in [1.807, 2.05) is 12.1 Å². The topological polar surface area (TPSA) is 21.3 Å². The van der Waals surface area contributed by atoms with Gasteiger partial charge in [0.1, 0.15) is 0 Å². The zero-order chi connectivity index (χ0) is 15.1. The Morgan fingerprint density at radius 2 is 1.76 bits per heavy atom. The van der Waals surface area contributed by atoms with Gasteiger partial charge in [0.15, 0.2) is 0 Å². The standard InChI is InChI=1S/C18H28ClNO/c1-3-21-18(12-6-4-5-7-13-18)17(20-2)14-15-8-10-16(19)11-9-15/h8-11,17,20H,3-7,12-14H2,1-2H3. The lowest BCUT2D eigenvalue weighted by Gasteiger charge is -2.40. The van der Waals surface area contributed by atoms with Crippen molar-refractivity contribution in [3.05, 3.63) is 34.9 Å². The molecule has 1 N–H and O–H groups in total. The minimum absolute atomic E-state index is 0.0142. The van der Waals surface area contributed by atoms with Crippen LogP contribution in [0, 0.1) is 0 Å². The van der Waals surface area contributed by atoms with Crippen LogP contribution in [0.1, 0.15) is 51.0 Å². The summed E-state index contributed by atoms with van der Waals surface area (Å²) in [5, 5.41) is 4.33. The molecule has 0 spiro atoms. The minimum atomic E-state index is -0.0142. The average molecular weight is 310 g/mol. The van der Waals surface area contributed by atoms with Gasteiger partial charge in [-0.2, -0.15) is 0 Å². The van der Waals surface area contributed by atoms with E-state index in [2.05, 4.69) is 31.4 Å². The molecule has 0 amide bonds. The van der Waals surface area contributed by atoms with Crippen molar-refractivity contribution in [1.82, 2.24) is 5.32 Å². The first kappa shape index (κ1) is 16.8. The summed E-state index contributed by atoms with van der Waals surface area (Å²) in [5.41, 5.74) is 1.31. The Hall–Kier alpha value is -0.570. The minimum Gasteiger partial charge on any atom is -0.374 e. The smallest absolute Gasteiger partial charge is 0.0837 e. The summed E-state index contributed by atoms with van der Waals surface area (Å²) in [6, 6.07) is 8.57. The highest BCUT2D eigenvalue weighted by Crippen LogP contribution is 2.35. The third kappa shape index (κ3) is 4.45. The SMILES string of the molecule is CCOC1(C(Cc2ccc(Cl)cc2)NC)CCCCCC1. The third-order valence-electron chi connectivity index (χ3n) is 4.72. The number of nitrogens with one attached hydrogen (secondary N) is 1. The van der Waals surface area contributed by atoms with E-state index in [-0.39, 0.29) is 5.60 Å². The van der Waals surface area contributed by atoms with Gasteiger partial charge in [-0.25, -0.2) is 0 Å². The van der Waals surface area contributed by atoms with Crippen molar-refractivity contribution in [2.45, 2.75) is 63.5 Å². The second-order valence-electron chi connectivity index (χ2n) is 6.08. The fraction of sp³-hybridized carbons (Fsp3) is 0.667. The molecule has 1 aliphatic rings. The summed E-state index contributed by atoms with van der Waals surface area (Å²) < 4.78 is 6.31. The van der Waals surface area contributed by atoms with Crippen LogP contribution in [0.3, 0.4) is 0 Å². The third-order valence-corrected chi connectivity index (χ3v) is 4.97. The summed E-state index contributed by atoms with van der Waals surface area (Å²) in [4.78, 5) is 0. The monoisotopic (exact) mass is 309 g/mol. The molecule has 0 saturated heterocycles. The molecule has 1 unspecified atom stereocenters. The number of hydrogen-bond acceptors (Lipinski definition) is 2. The van der Waals surface area contributed by atoms with E-state index in [0.29, 0.717) is 6.04 Å². The maximum absolute atomic E-state index is 6.31. The van der Waals surface area contributed by atoms with E-state index in [0.717, 1.165) is 18.1 Å². The van der Waals surface area contributed by atoms with Gasteiger partial charge in [0.2, 0.25) is 0 Å². The van der Waals surface area contributed by atoms with Crippen LogP contribution in [-0.2, 0) is 11.2 Å². The molecule has 0 aromatic heterocycles. The van der Waals surface area contributed by atoms with Gasteiger partial charge >= 0.3 is 0 Å². The molecular formula is C18H28ClNO. The molecule has 0 bridgehead atoms. The van der Waals surface area contributed by atoms with E-state index < -0.39 is 0 Å². The lowest BCUT2D eigenvalue weighted by molar-refractivity contribution is -0.0752. The molecule has 1 aromatic carbocycles. The average Bonchev–Trinajstić information content (AvgIpc) is 2.73. The molecule has 2 rings (SSSR count). The molecule has 1 fully saturated rings. The van der Waals surface area contributed by atoms with E-state index in [9.17, 15) is 0 Å². The molecular weight excluding hydrogens is 282 g/mol. The molecule has 1 saturated carbocycles. The predicted octanol–water partition coefficient (Wildman–Crippen LogP) is 4.60. The number of rotatable bonds is 6. The molecule has 0 heterocycles. The maximum Gasteiger partial charge on any atom is 0.0837 e. The van der Waals surface area contributed by atoms with Crippen LogP contribution in [0.25, 0.3) is 0 Å². The first-order chi connectivity index (χ1) is 10.2. The molecule has 0 radical (unpaired) electrons. The summed E-state index contributed by atoms with van der Waals surface area (Å²) in [7, 11) is 2.06. The number of hydrogen-bond donors (Lipinski definition) is 1. The lowest BCUT2D eigenvalue weighted by Crippen LogP contribution is -2.52. The Kier molecular flexibility index (Phi) is 6.53. The second-order valence-corrected chi connectivity index (χ2v) is 6.52. The number of halogens is 1. The van der Waals surface area contributed by atoms with E-state index in [1.54, 1.807) is 0 Å². The summed E-state index contributed by atoms with van der Waals surface area (Å²) in [6.07, 6.45) is 8.56. The van der Waals surface area contributed by atoms with Gasteiger partial charge in [0.05, 0.1) is 5.60 Å². The van der Waals surface area contributed by atoms with Gasteiger partial charge < -0.3 is 10.1 Å². The number of likely N-dealkylation sites (N-methyl/N-ethyl adjacent to an activating group) is 1. The highest BCUT2D eigenvalue weighted by molar-refractivity contribution is 6.30. The van der Waals surface area contributed by atoms with Crippen molar-refractivity contribution in [2.75, 3.05) is 13.7 Å². The maximum atomic E-state index is 6.31. The molecule has 3 heteroatoms. The van der Waals surface area contributed by atoms with Gasteiger partial charge in [0.25, 0.3) is 0 Å². The van der Waals surface area contributed by atoms with Crippen LogP contribution in [0.5, 0.6) is 0 Å². The molecule has 2 nitrogen and oxygen atoms in total. The van der Waals surface area contributed by atoms with Crippen LogP contribution in [0.2, 0.25) is 5.02 Å². The van der Waals surface area contributed by atoms with Crippen molar-refractivity contribution >= 4 is 11.6 Å². The molecule has 1 aromatic rings. The first-order valence-corrected chi connectivity index (χ1v) is 8.63. The Morgan fingerprint density at radius 3 is 2.29 bits per heavy atom. The molecule has 1 atom stereocenters. The van der Waals surface area contributed by atoms with Gasteiger partial charge in [-0.1, -0.05) is 49.4 Å². The van der Waals surface area contributed by atoms with Crippen LogP contribution >= 0.6 is 11.6 Å².